The Hall–Kier alpha value is -1.37. The lowest BCUT2D eigenvalue weighted by Gasteiger charge is -2.30. The number of carbonyl (C=O) groups excluding carboxylic acids is 1. The Kier molecular flexibility index (Phi) is 2.84. The Balaban J connectivity index is 1.80. The number of carbonyl (C=O) groups is 1. The van der Waals surface area contributed by atoms with Gasteiger partial charge in [0.25, 0.3) is 0 Å². The van der Waals surface area contributed by atoms with Crippen LogP contribution in [0.4, 0.5) is 0 Å². The van der Waals surface area contributed by atoms with Gasteiger partial charge >= 0.3 is 0 Å². The van der Waals surface area contributed by atoms with Gasteiger partial charge < -0.3 is 0 Å². The monoisotopic (exact) mass is 226 g/mol. The fourth-order valence-corrected chi connectivity index (χ4v) is 3.19. The van der Waals surface area contributed by atoms with Crippen LogP contribution in [-0.4, -0.2) is 5.78 Å². The molecule has 0 saturated carbocycles. The predicted octanol–water partition coefficient (Wildman–Crippen LogP) is 4.00. The highest BCUT2D eigenvalue weighted by molar-refractivity contribution is 5.82. The SMILES string of the molecule is O=C1CCC2=C(CCC(c3ccccc3)C2)C1. The van der Waals surface area contributed by atoms with Crippen molar-refractivity contribution in [2.24, 2.45) is 0 Å². The molecular weight excluding hydrogens is 208 g/mol. The molecule has 0 bridgehead atoms. The van der Waals surface area contributed by atoms with Gasteiger partial charge in [-0.3, -0.25) is 4.79 Å². The number of hydrogen-bond acceptors (Lipinski definition) is 1. The Morgan fingerprint density at radius 2 is 1.76 bits per heavy atom. The zero-order valence-electron chi connectivity index (χ0n) is 10.1. The Morgan fingerprint density at radius 1 is 0.941 bits per heavy atom. The second-order valence-electron chi connectivity index (χ2n) is 5.27. The number of hydrogen-bond donors (Lipinski definition) is 0. The highest BCUT2D eigenvalue weighted by Crippen LogP contribution is 2.41. The molecule has 2 aliphatic carbocycles. The molecule has 88 valence electrons. The maximum Gasteiger partial charge on any atom is 0.137 e. The summed E-state index contributed by atoms with van der Waals surface area (Å²) in [6.07, 6.45) is 6.10. The topological polar surface area (TPSA) is 17.1 Å². The van der Waals surface area contributed by atoms with Crippen molar-refractivity contribution < 1.29 is 4.79 Å². The summed E-state index contributed by atoms with van der Waals surface area (Å²) in [5, 5.41) is 0. The zero-order chi connectivity index (χ0) is 11.7. The molecule has 0 radical (unpaired) electrons. The summed E-state index contributed by atoms with van der Waals surface area (Å²) in [5.74, 6) is 1.13. The molecule has 1 aromatic rings. The summed E-state index contributed by atoms with van der Waals surface area (Å²) in [6, 6.07) is 10.8. The van der Waals surface area contributed by atoms with Crippen LogP contribution in [-0.2, 0) is 4.79 Å². The van der Waals surface area contributed by atoms with E-state index in [4.69, 9.17) is 0 Å². The van der Waals surface area contributed by atoms with Crippen LogP contribution >= 0.6 is 0 Å². The molecule has 0 N–H and O–H groups in total. The molecule has 0 aromatic heterocycles. The van der Waals surface area contributed by atoms with Gasteiger partial charge in [0.2, 0.25) is 0 Å². The van der Waals surface area contributed by atoms with E-state index < -0.39 is 0 Å². The molecule has 0 amide bonds. The second-order valence-corrected chi connectivity index (χ2v) is 5.27. The van der Waals surface area contributed by atoms with Gasteiger partial charge in [-0.1, -0.05) is 41.5 Å². The fraction of sp³-hybridized carbons (Fsp3) is 0.438. The van der Waals surface area contributed by atoms with E-state index in [1.807, 2.05) is 0 Å². The first-order chi connectivity index (χ1) is 8.33. The molecule has 0 heterocycles. The van der Waals surface area contributed by atoms with Crippen LogP contribution in [0.15, 0.2) is 41.5 Å². The summed E-state index contributed by atoms with van der Waals surface area (Å²) in [5.41, 5.74) is 4.52. The first kappa shape index (κ1) is 10.8. The smallest absolute Gasteiger partial charge is 0.137 e. The number of rotatable bonds is 1. The second kappa shape index (κ2) is 4.48. The van der Waals surface area contributed by atoms with Crippen LogP contribution in [0, 0.1) is 0 Å². The standard InChI is InChI=1S/C16H18O/c17-16-9-8-14-10-13(6-7-15(14)11-16)12-4-2-1-3-5-12/h1-5,13H,6-11H2. The van der Waals surface area contributed by atoms with Crippen molar-refractivity contribution in [3.63, 3.8) is 0 Å². The molecule has 1 unspecified atom stereocenters. The number of ketones is 1. The van der Waals surface area contributed by atoms with E-state index in [-0.39, 0.29) is 0 Å². The summed E-state index contributed by atoms with van der Waals surface area (Å²) >= 11 is 0. The molecule has 1 nitrogen and oxygen atoms in total. The molecule has 0 spiro atoms. The molecule has 2 aliphatic rings. The van der Waals surface area contributed by atoms with Crippen LogP contribution in [0.1, 0.15) is 50.0 Å². The summed E-state index contributed by atoms with van der Waals surface area (Å²) < 4.78 is 0. The van der Waals surface area contributed by atoms with Gasteiger partial charge in [-0.2, -0.15) is 0 Å². The Morgan fingerprint density at radius 3 is 2.59 bits per heavy atom. The van der Waals surface area contributed by atoms with Crippen molar-refractivity contribution in [3.05, 3.63) is 47.0 Å². The highest BCUT2D eigenvalue weighted by atomic mass is 16.1. The van der Waals surface area contributed by atoms with Gasteiger partial charge in [-0.25, -0.2) is 0 Å². The minimum atomic E-state index is 0.446. The number of benzene rings is 1. The van der Waals surface area contributed by atoms with Crippen LogP contribution in [0.3, 0.4) is 0 Å². The van der Waals surface area contributed by atoms with E-state index in [0.717, 1.165) is 25.7 Å². The van der Waals surface area contributed by atoms with E-state index >= 15 is 0 Å². The first-order valence-corrected chi connectivity index (χ1v) is 6.59. The zero-order valence-corrected chi connectivity index (χ0v) is 10.1. The van der Waals surface area contributed by atoms with Gasteiger partial charge in [0.1, 0.15) is 5.78 Å². The average molecular weight is 226 g/mol. The lowest BCUT2D eigenvalue weighted by Crippen LogP contribution is -2.16. The third kappa shape index (κ3) is 2.19. The third-order valence-corrected chi connectivity index (χ3v) is 4.17. The molecular formula is C16H18O. The van der Waals surface area contributed by atoms with Crippen molar-refractivity contribution in [1.29, 1.82) is 0 Å². The van der Waals surface area contributed by atoms with Crippen molar-refractivity contribution in [2.75, 3.05) is 0 Å². The van der Waals surface area contributed by atoms with Crippen molar-refractivity contribution in [1.82, 2.24) is 0 Å². The maximum atomic E-state index is 11.4. The van der Waals surface area contributed by atoms with Crippen molar-refractivity contribution >= 4 is 5.78 Å². The van der Waals surface area contributed by atoms with E-state index in [0.29, 0.717) is 11.7 Å². The minimum absolute atomic E-state index is 0.446. The summed E-state index contributed by atoms with van der Waals surface area (Å²) in [7, 11) is 0. The number of allylic oxidation sites excluding steroid dienone is 2. The predicted molar refractivity (Wildman–Crippen MR) is 68.9 cm³/mol. The van der Waals surface area contributed by atoms with E-state index in [9.17, 15) is 4.79 Å². The van der Waals surface area contributed by atoms with Crippen LogP contribution in [0.5, 0.6) is 0 Å². The van der Waals surface area contributed by atoms with E-state index in [1.54, 1.807) is 5.57 Å². The third-order valence-electron chi connectivity index (χ3n) is 4.17. The molecule has 0 fully saturated rings. The first-order valence-electron chi connectivity index (χ1n) is 6.59. The lowest BCUT2D eigenvalue weighted by atomic mass is 9.75. The molecule has 0 aliphatic heterocycles. The molecule has 1 aromatic carbocycles. The summed E-state index contributed by atoms with van der Waals surface area (Å²) in [6.45, 7) is 0. The van der Waals surface area contributed by atoms with Crippen molar-refractivity contribution in [2.45, 2.75) is 44.4 Å². The van der Waals surface area contributed by atoms with Crippen LogP contribution in [0.25, 0.3) is 0 Å². The molecule has 1 heteroatoms. The molecule has 3 rings (SSSR count). The highest BCUT2D eigenvalue weighted by Gasteiger charge is 2.26. The van der Waals surface area contributed by atoms with Gasteiger partial charge in [-0.15, -0.1) is 0 Å². The Bertz CT molecular complexity index is 456. The van der Waals surface area contributed by atoms with Crippen molar-refractivity contribution in [3.8, 4) is 0 Å². The van der Waals surface area contributed by atoms with Crippen LogP contribution in [0.2, 0.25) is 0 Å². The van der Waals surface area contributed by atoms with Gasteiger partial charge in [0.15, 0.2) is 0 Å². The van der Waals surface area contributed by atoms with Gasteiger partial charge in [-0.05, 0) is 37.2 Å². The average Bonchev–Trinajstić information content (AvgIpc) is 2.39. The minimum Gasteiger partial charge on any atom is -0.299 e. The van der Waals surface area contributed by atoms with Gasteiger partial charge in [0, 0.05) is 12.8 Å². The van der Waals surface area contributed by atoms with Crippen LogP contribution < -0.4 is 0 Å². The summed E-state index contributed by atoms with van der Waals surface area (Å²) in [4.78, 5) is 11.4. The number of Topliss-reactive ketones (excluding diaryl/α,β-unsaturated/α-hetero) is 1. The van der Waals surface area contributed by atoms with Gasteiger partial charge in [0.05, 0.1) is 0 Å². The normalized spacial score (nSPS) is 24.7. The largest absolute Gasteiger partial charge is 0.299 e. The fourth-order valence-electron chi connectivity index (χ4n) is 3.19. The quantitative estimate of drug-likeness (QED) is 0.661. The molecule has 1 atom stereocenters. The van der Waals surface area contributed by atoms with E-state index in [1.165, 1.54) is 24.0 Å². The Labute approximate surface area is 103 Å². The molecule has 0 saturated heterocycles. The lowest BCUT2D eigenvalue weighted by molar-refractivity contribution is -0.118. The maximum absolute atomic E-state index is 11.4. The van der Waals surface area contributed by atoms with E-state index in [2.05, 4.69) is 30.3 Å². The molecule has 17 heavy (non-hydrogen) atoms.